The second kappa shape index (κ2) is 5.02. The van der Waals surface area contributed by atoms with E-state index in [1.54, 1.807) is 0 Å². The molecule has 0 spiro atoms. The Morgan fingerprint density at radius 2 is 2.24 bits per heavy atom. The first-order chi connectivity index (χ1) is 8.09. The summed E-state index contributed by atoms with van der Waals surface area (Å²) in [5.74, 6) is 1.07. The summed E-state index contributed by atoms with van der Waals surface area (Å²) in [7, 11) is 4.12. The first kappa shape index (κ1) is 12.3. The quantitative estimate of drug-likeness (QED) is 0.868. The summed E-state index contributed by atoms with van der Waals surface area (Å²) in [6, 6.07) is 4.27. The minimum Gasteiger partial charge on any atom is -0.384 e. The number of nitrogens with two attached hydrogens (primary N) is 1. The Labute approximate surface area is 103 Å². The molecule has 1 saturated heterocycles. The van der Waals surface area contributed by atoms with E-state index in [-0.39, 0.29) is 6.04 Å². The minimum atomic E-state index is 0.272. The van der Waals surface area contributed by atoms with Crippen LogP contribution in [0.25, 0.3) is 0 Å². The molecule has 2 rings (SSSR count). The zero-order valence-electron chi connectivity index (χ0n) is 10.8. The topological polar surface area (TPSA) is 51.4 Å². The SMILES string of the molecule is CC(c1nc(N)ccc1C1CCOC1)N(C)C. The van der Waals surface area contributed by atoms with Crippen molar-refractivity contribution in [3.8, 4) is 0 Å². The molecule has 4 nitrogen and oxygen atoms in total. The minimum absolute atomic E-state index is 0.272. The van der Waals surface area contributed by atoms with Gasteiger partial charge in [-0.15, -0.1) is 0 Å². The molecule has 0 bridgehead atoms. The van der Waals surface area contributed by atoms with Gasteiger partial charge in [-0.1, -0.05) is 6.07 Å². The molecule has 0 amide bonds. The van der Waals surface area contributed by atoms with Crippen LogP contribution in [0.2, 0.25) is 0 Å². The van der Waals surface area contributed by atoms with Gasteiger partial charge in [0.25, 0.3) is 0 Å². The van der Waals surface area contributed by atoms with Gasteiger partial charge in [0.15, 0.2) is 0 Å². The lowest BCUT2D eigenvalue weighted by atomic mass is 9.94. The lowest BCUT2D eigenvalue weighted by molar-refractivity contribution is 0.193. The summed E-state index contributed by atoms with van der Waals surface area (Å²) >= 11 is 0. The fourth-order valence-electron chi connectivity index (χ4n) is 2.21. The maximum Gasteiger partial charge on any atom is 0.123 e. The third kappa shape index (κ3) is 2.58. The molecule has 2 unspecified atom stereocenters. The molecule has 1 aliphatic heterocycles. The van der Waals surface area contributed by atoms with Crippen molar-refractivity contribution in [2.75, 3.05) is 33.0 Å². The smallest absolute Gasteiger partial charge is 0.123 e. The lowest BCUT2D eigenvalue weighted by Crippen LogP contribution is -2.21. The van der Waals surface area contributed by atoms with Gasteiger partial charge in [-0.3, -0.25) is 0 Å². The normalized spacial score (nSPS) is 22.0. The molecule has 2 N–H and O–H groups in total. The summed E-state index contributed by atoms with van der Waals surface area (Å²) < 4.78 is 5.46. The summed E-state index contributed by atoms with van der Waals surface area (Å²) in [5.41, 5.74) is 8.18. The third-order valence-corrected chi connectivity index (χ3v) is 3.52. The van der Waals surface area contributed by atoms with Gasteiger partial charge in [-0.25, -0.2) is 4.98 Å². The predicted molar refractivity (Wildman–Crippen MR) is 68.9 cm³/mol. The zero-order valence-corrected chi connectivity index (χ0v) is 10.8. The van der Waals surface area contributed by atoms with Gasteiger partial charge in [-0.05, 0) is 39.1 Å². The summed E-state index contributed by atoms with van der Waals surface area (Å²) in [6.45, 7) is 3.81. The van der Waals surface area contributed by atoms with Crippen molar-refractivity contribution in [3.63, 3.8) is 0 Å². The van der Waals surface area contributed by atoms with Gasteiger partial charge in [0.05, 0.1) is 12.3 Å². The first-order valence-electron chi connectivity index (χ1n) is 6.10. The highest BCUT2D eigenvalue weighted by Crippen LogP contribution is 2.31. The van der Waals surface area contributed by atoms with Crippen LogP contribution < -0.4 is 5.73 Å². The number of anilines is 1. The molecule has 1 fully saturated rings. The fraction of sp³-hybridized carbons (Fsp3) is 0.615. The van der Waals surface area contributed by atoms with Gasteiger partial charge in [0.2, 0.25) is 0 Å². The number of nitrogens with zero attached hydrogens (tertiary/aromatic N) is 2. The molecular weight excluding hydrogens is 214 g/mol. The first-order valence-corrected chi connectivity index (χ1v) is 6.10. The van der Waals surface area contributed by atoms with Crippen LogP contribution in [-0.2, 0) is 4.74 Å². The Bertz CT molecular complexity index is 386. The molecule has 0 saturated carbocycles. The Hall–Kier alpha value is -1.13. The van der Waals surface area contributed by atoms with Crippen LogP contribution in [-0.4, -0.2) is 37.2 Å². The van der Waals surface area contributed by atoms with Crippen LogP contribution in [0.1, 0.15) is 36.6 Å². The average Bonchev–Trinajstić information content (AvgIpc) is 2.81. The van der Waals surface area contributed by atoms with Gasteiger partial charge >= 0.3 is 0 Å². The molecule has 1 aromatic rings. The van der Waals surface area contributed by atoms with Crippen molar-refractivity contribution in [3.05, 3.63) is 23.4 Å². The van der Waals surface area contributed by atoms with Crippen LogP contribution in [0.15, 0.2) is 12.1 Å². The van der Waals surface area contributed by atoms with E-state index in [4.69, 9.17) is 10.5 Å². The highest BCUT2D eigenvalue weighted by Gasteiger charge is 2.24. The van der Waals surface area contributed by atoms with Crippen LogP contribution in [0.5, 0.6) is 0 Å². The molecule has 0 aromatic carbocycles. The largest absolute Gasteiger partial charge is 0.384 e. The van der Waals surface area contributed by atoms with Crippen LogP contribution >= 0.6 is 0 Å². The highest BCUT2D eigenvalue weighted by atomic mass is 16.5. The number of rotatable bonds is 3. The van der Waals surface area contributed by atoms with Gasteiger partial charge < -0.3 is 15.4 Å². The van der Waals surface area contributed by atoms with E-state index in [9.17, 15) is 0 Å². The van der Waals surface area contributed by atoms with Crippen molar-refractivity contribution < 1.29 is 4.74 Å². The van der Waals surface area contributed by atoms with E-state index in [1.165, 1.54) is 5.56 Å². The summed E-state index contributed by atoms with van der Waals surface area (Å²) in [6.07, 6.45) is 1.08. The molecule has 0 radical (unpaired) electrons. The second-order valence-electron chi connectivity index (χ2n) is 4.91. The van der Waals surface area contributed by atoms with Crippen molar-refractivity contribution in [1.29, 1.82) is 0 Å². The second-order valence-corrected chi connectivity index (χ2v) is 4.91. The van der Waals surface area contributed by atoms with Gasteiger partial charge in [0, 0.05) is 18.6 Å². The average molecular weight is 235 g/mol. The fourth-order valence-corrected chi connectivity index (χ4v) is 2.21. The monoisotopic (exact) mass is 235 g/mol. The molecule has 17 heavy (non-hydrogen) atoms. The van der Waals surface area contributed by atoms with Gasteiger partial charge in [0.1, 0.15) is 5.82 Å². The number of ether oxygens (including phenoxy) is 1. The van der Waals surface area contributed by atoms with Crippen LogP contribution in [0.3, 0.4) is 0 Å². The maximum atomic E-state index is 5.80. The molecule has 2 atom stereocenters. The maximum absolute atomic E-state index is 5.80. The number of hydrogen-bond donors (Lipinski definition) is 1. The molecular formula is C13H21N3O. The number of nitrogen functional groups attached to an aromatic ring is 1. The lowest BCUT2D eigenvalue weighted by Gasteiger charge is -2.24. The third-order valence-electron chi connectivity index (χ3n) is 3.52. The Balaban J connectivity index is 2.36. The zero-order chi connectivity index (χ0) is 12.4. The Morgan fingerprint density at radius 1 is 1.47 bits per heavy atom. The van der Waals surface area contributed by atoms with E-state index in [0.29, 0.717) is 11.7 Å². The Morgan fingerprint density at radius 3 is 2.82 bits per heavy atom. The highest BCUT2D eigenvalue weighted by molar-refractivity contribution is 5.37. The van der Waals surface area contributed by atoms with E-state index in [1.807, 2.05) is 6.07 Å². The molecule has 2 heterocycles. The molecule has 1 aliphatic rings. The van der Waals surface area contributed by atoms with Crippen molar-refractivity contribution in [1.82, 2.24) is 9.88 Å². The Kier molecular flexibility index (Phi) is 3.64. The van der Waals surface area contributed by atoms with Gasteiger partial charge in [-0.2, -0.15) is 0 Å². The van der Waals surface area contributed by atoms with E-state index in [2.05, 4.69) is 37.0 Å². The number of pyridine rings is 1. The molecule has 1 aromatic heterocycles. The van der Waals surface area contributed by atoms with Crippen molar-refractivity contribution >= 4 is 5.82 Å². The number of hydrogen-bond acceptors (Lipinski definition) is 4. The van der Waals surface area contributed by atoms with E-state index in [0.717, 1.165) is 25.3 Å². The molecule has 4 heteroatoms. The van der Waals surface area contributed by atoms with Crippen molar-refractivity contribution in [2.24, 2.45) is 0 Å². The van der Waals surface area contributed by atoms with Crippen LogP contribution in [0, 0.1) is 0 Å². The molecule has 0 aliphatic carbocycles. The van der Waals surface area contributed by atoms with Crippen molar-refractivity contribution in [2.45, 2.75) is 25.3 Å². The van der Waals surface area contributed by atoms with E-state index < -0.39 is 0 Å². The summed E-state index contributed by atoms with van der Waals surface area (Å²) in [5, 5.41) is 0. The predicted octanol–water partition coefficient (Wildman–Crippen LogP) is 1.79. The van der Waals surface area contributed by atoms with Crippen LogP contribution in [0.4, 0.5) is 5.82 Å². The molecule has 94 valence electrons. The number of aromatic nitrogens is 1. The van der Waals surface area contributed by atoms with E-state index >= 15 is 0 Å². The standard InChI is InChI=1S/C13H21N3O/c1-9(16(2)3)13-11(4-5-12(14)15-13)10-6-7-17-8-10/h4-5,9-10H,6-8H2,1-3H3,(H2,14,15). The summed E-state index contributed by atoms with van der Waals surface area (Å²) in [4.78, 5) is 6.67.